The van der Waals surface area contributed by atoms with Gasteiger partial charge >= 0.3 is 0 Å². The standard InChI is InChI=1S/C8H11N5O/c1-14-3-2-10-7-4-9-5-8-11-6-12-13(7)8/h4-6,10H,2-3H2,1H3. The number of anilines is 1. The van der Waals surface area contributed by atoms with Crippen molar-refractivity contribution in [2.75, 3.05) is 25.6 Å². The van der Waals surface area contributed by atoms with Crippen LogP contribution in [0.15, 0.2) is 18.7 Å². The molecule has 1 N–H and O–H groups in total. The van der Waals surface area contributed by atoms with Gasteiger partial charge in [0.05, 0.1) is 19.0 Å². The summed E-state index contributed by atoms with van der Waals surface area (Å²) in [6.07, 6.45) is 4.87. The number of fused-ring (bicyclic) bond motifs is 1. The van der Waals surface area contributed by atoms with Gasteiger partial charge in [-0.3, -0.25) is 4.98 Å². The van der Waals surface area contributed by atoms with E-state index in [1.807, 2.05) is 0 Å². The minimum atomic E-state index is 0.644. The van der Waals surface area contributed by atoms with Gasteiger partial charge in [-0.05, 0) is 0 Å². The van der Waals surface area contributed by atoms with E-state index in [4.69, 9.17) is 4.74 Å². The van der Waals surface area contributed by atoms with Crippen LogP contribution in [0.4, 0.5) is 5.82 Å². The maximum absolute atomic E-state index is 4.93. The number of ether oxygens (including phenoxy) is 1. The molecule has 2 heterocycles. The van der Waals surface area contributed by atoms with Gasteiger partial charge in [0.1, 0.15) is 12.1 Å². The smallest absolute Gasteiger partial charge is 0.175 e. The lowest BCUT2D eigenvalue weighted by molar-refractivity contribution is 0.210. The number of hydrogen-bond acceptors (Lipinski definition) is 5. The van der Waals surface area contributed by atoms with Crippen LogP contribution in [0.3, 0.4) is 0 Å². The first-order chi connectivity index (χ1) is 6.92. The van der Waals surface area contributed by atoms with E-state index >= 15 is 0 Å². The molecule has 0 radical (unpaired) electrons. The molecule has 2 aromatic rings. The average Bonchev–Trinajstić information content (AvgIpc) is 2.67. The van der Waals surface area contributed by atoms with Crippen LogP contribution in [0, 0.1) is 0 Å². The molecule has 0 aliphatic rings. The molecule has 0 saturated carbocycles. The summed E-state index contributed by atoms with van der Waals surface area (Å²) in [5, 5.41) is 7.21. The summed E-state index contributed by atoms with van der Waals surface area (Å²) >= 11 is 0. The second-order valence-electron chi connectivity index (χ2n) is 2.74. The fourth-order valence-corrected chi connectivity index (χ4v) is 1.15. The Morgan fingerprint density at radius 1 is 1.50 bits per heavy atom. The SMILES string of the molecule is COCCNc1cncc2ncnn12. The van der Waals surface area contributed by atoms with Gasteiger partial charge in [0.25, 0.3) is 0 Å². The molecule has 74 valence electrons. The number of rotatable bonds is 4. The lowest BCUT2D eigenvalue weighted by Gasteiger charge is -2.05. The van der Waals surface area contributed by atoms with Crippen LogP contribution in [0.1, 0.15) is 0 Å². The Bertz CT molecular complexity index is 413. The van der Waals surface area contributed by atoms with E-state index in [9.17, 15) is 0 Å². The number of nitrogens with one attached hydrogen (secondary N) is 1. The van der Waals surface area contributed by atoms with E-state index < -0.39 is 0 Å². The highest BCUT2D eigenvalue weighted by molar-refractivity contribution is 5.44. The van der Waals surface area contributed by atoms with Crippen LogP contribution >= 0.6 is 0 Å². The second-order valence-corrected chi connectivity index (χ2v) is 2.74. The van der Waals surface area contributed by atoms with Gasteiger partial charge in [-0.15, -0.1) is 0 Å². The second kappa shape index (κ2) is 4.01. The Hall–Kier alpha value is -1.69. The van der Waals surface area contributed by atoms with Crippen molar-refractivity contribution in [2.24, 2.45) is 0 Å². The lowest BCUT2D eigenvalue weighted by Crippen LogP contribution is -2.11. The minimum absolute atomic E-state index is 0.644. The molecule has 0 atom stereocenters. The van der Waals surface area contributed by atoms with E-state index in [1.165, 1.54) is 6.33 Å². The Kier molecular flexibility index (Phi) is 2.55. The van der Waals surface area contributed by atoms with Gasteiger partial charge in [0, 0.05) is 13.7 Å². The van der Waals surface area contributed by atoms with Gasteiger partial charge in [0.2, 0.25) is 0 Å². The van der Waals surface area contributed by atoms with Crippen molar-refractivity contribution in [3.8, 4) is 0 Å². The third-order valence-electron chi connectivity index (χ3n) is 1.80. The quantitative estimate of drug-likeness (QED) is 0.702. The molecular weight excluding hydrogens is 182 g/mol. The summed E-state index contributed by atoms with van der Waals surface area (Å²) in [5.74, 6) is 0.817. The number of aromatic nitrogens is 4. The third-order valence-corrected chi connectivity index (χ3v) is 1.80. The van der Waals surface area contributed by atoms with E-state index in [0.29, 0.717) is 6.61 Å². The molecule has 0 aromatic carbocycles. The normalized spacial score (nSPS) is 10.6. The maximum Gasteiger partial charge on any atom is 0.175 e. The summed E-state index contributed by atoms with van der Waals surface area (Å²) < 4.78 is 6.63. The van der Waals surface area contributed by atoms with Crippen LogP contribution in [-0.4, -0.2) is 39.8 Å². The lowest BCUT2D eigenvalue weighted by atomic mass is 10.6. The van der Waals surface area contributed by atoms with Crippen LogP contribution < -0.4 is 5.32 Å². The minimum Gasteiger partial charge on any atom is -0.383 e. The highest BCUT2D eigenvalue weighted by atomic mass is 16.5. The molecule has 0 unspecified atom stereocenters. The molecule has 0 spiro atoms. The Balaban J connectivity index is 2.19. The zero-order chi connectivity index (χ0) is 9.80. The molecule has 0 fully saturated rings. The van der Waals surface area contributed by atoms with Crippen molar-refractivity contribution in [1.82, 2.24) is 19.6 Å². The molecule has 2 rings (SSSR count). The summed E-state index contributed by atoms with van der Waals surface area (Å²) in [6, 6.07) is 0. The van der Waals surface area contributed by atoms with Crippen LogP contribution in [0.5, 0.6) is 0 Å². The molecule has 0 aliphatic heterocycles. The van der Waals surface area contributed by atoms with Crippen molar-refractivity contribution in [2.45, 2.75) is 0 Å². The van der Waals surface area contributed by atoms with Crippen LogP contribution in [0.2, 0.25) is 0 Å². The van der Waals surface area contributed by atoms with Gasteiger partial charge in [0.15, 0.2) is 5.65 Å². The Labute approximate surface area is 80.9 Å². The van der Waals surface area contributed by atoms with E-state index in [1.54, 1.807) is 24.0 Å². The highest BCUT2D eigenvalue weighted by Gasteiger charge is 2.00. The molecule has 0 amide bonds. The molecule has 6 nitrogen and oxygen atoms in total. The predicted molar refractivity (Wildman–Crippen MR) is 51.1 cm³/mol. The first kappa shape index (κ1) is 8.89. The Morgan fingerprint density at radius 2 is 2.43 bits per heavy atom. The Morgan fingerprint density at radius 3 is 3.29 bits per heavy atom. The van der Waals surface area contributed by atoms with Crippen LogP contribution in [0.25, 0.3) is 5.65 Å². The fraction of sp³-hybridized carbons (Fsp3) is 0.375. The first-order valence-electron chi connectivity index (χ1n) is 4.28. The summed E-state index contributed by atoms with van der Waals surface area (Å²) in [6.45, 7) is 1.36. The molecule has 2 aromatic heterocycles. The molecule has 0 bridgehead atoms. The van der Waals surface area contributed by atoms with Gasteiger partial charge < -0.3 is 10.1 Å². The van der Waals surface area contributed by atoms with Crippen molar-refractivity contribution >= 4 is 11.5 Å². The summed E-state index contributed by atoms with van der Waals surface area (Å²) in [7, 11) is 1.66. The highest BCUT2D eigenvalue weighted by Crippen LogP contribution is 2.05. The number of nitrogens with zero attached hydrogens (tertiary/aromatic N) is 4. The van der Waals surface area contributed by atoms with Gasteiger partial charge in [-0.25, -0.2) is 4.98 Å². The molecular formula is C8H11N5O. The zero-order valence-electron chi connectivity index (χ0n) is 7.84. The monoisotopic (exact) mass is 193 g/mol. The average molecular weight is 193 g/mol. The van der Waals surface area contributed by atoms with E-state index in [0.717, 1.165) is 18.0 Å². The zero-order valence-corrected chi connectivity index (χ0v) is 7.84. The van der Waals surface area contributed by atoms with Crippen LogP contribution in [-0.2, 0) is 4.74 Å². The largest absolute Gasteiger partial charge is 0.383 e. The predicted octanol–water partition coefficient (Wildman–Crippen LogP) is 0.183. The van der Waals surface area contributed by atoms with Crippen molar-refractivity contribution in [1.29, 1.82) is 0 Å². The van der Waals surface area contributed by atoms with Gasteiger partial charge in [-0.1, -0.05) is 0 Å². The summed E-state index contributed by atoms with van der Waals surface area (Å²) in [5.41, 5.74) is 0.729. The third kappa shape index (κ3) is 1.64. The molecule has 14 heavy (non-hydrogen) atoms. The van der Waals surface area contributed by atoms with E-state index in [2.05, 4.69) is 20.4 Å². The summed E-state index contributed by atoms with van der Waals surface area (Å²) in [4.78, 5) is 8.06. The molecule has 6 heteroatoms. The van der Waals surface area contributed by atoms with E-state index in [-0.39, 0.29) is 0 Å². The van der Waals surface area contributed by atoms with Crippen molar-refractivity contribution < 1.29 is 4.74 Å². The molecule has 0 aliphatic carbocycles. The molecule has 0 saturated heterocycles. The van der Waals surface area contributed by atoms with Crippen molar-refractivity contribution in [3.05, 3.63) is 18.7 Å². The first-order valence-corrected chi connectivity index (χ1v) is 4.28. The van der Waals surface area contributed by atoms with Gasteiger partial charge in [-0.2, -0.15) is 9.61 Å². The number of methoxy groups -OCH3 is 1. The fourth-order valence-electron chi connectivity index (χ4n) is 1.15. The topological polar surface area (TPSA) is 64.3 Å². The van der Waals surface area contributed by atoms with Crippen molar-refractivity contribution in [3.63, 3.8) is 0 Å². The number of hydrogen-bond donors (Lipinski definition) is 1. The maximum atomic E-state index is 4.93.